The molecule has 4 rings (SSSR count). The van der Waals surface area contributed by atoms with Crippen LogP contribution in [0.1, 0.15) is 27.5 Å². The molecule has 2 N–H and O–H groups in total. The number of aromatic hydroxyl groups is 1. The van der Waals surface area contributed by atoms with Crippen LogP contribution in [0, 0.1) is 13.8 Å². The van der Waals surface area contributed by atoms with Crippen LogP contribution in [0.3, 0.4) is 0 Å². The van der Waals surface area contributed by atoms with E-state index in [-0.39, 0.29) is 11.5 Å². The largest absolute Gasteiger partial charge is 0.508 e. The van der Waals surface area contributed by atoms with E-state index in [4.69, 9.17) is 4.42 Å². The van der Waals surface area contributed by atoms with E-state index in [0.717, 1.165) is 32.5 Å². The van der Waals surface area contributed by atoms with Crippen LogP contribution in [0.4, 0.5) is 0 Å². The third kappa shape index (κ3) is 3.82. The Bertz CT molecular complexity index is 1240. The van der Waals surface area contributed by atoms with Gasteiger partial charge in [-0.2, -0.15) is 5.10 Å². The van der Waals surface area contributed by atoms with Crippen LogP contribution in [0.25, 0.3) is 16.7 Å². The van der Waals surface area contributed by atoms with E-state index < -0.39 is 5.91 Å². The van der Waals surface area contributed by atoms with Gasteiger partial charge in [-0.15, -0.1) is 0 Å². The number of aromatic nitrogens is 1. The van der Waals surface area contributed by atoms with Crippen molar-refractivity contribution in [2.24, 2.45) is 5.10 Å². The third-order valence-corrected chi connectivity index (χ3v) is 5.14. The summed E-state index contributed by atoms with van der Waals surface area (Å²) in [4.78, 5) is 12.3. The molecule has 0 saturated heterocycles. The average molecular weight is 452 g/mol. The molecule has 0 aliphatic heterocycles. The first-order valence-electron chi connectivity index (χ1n) is 8.93. The summed E-state index contributed by atoms with van der Waals surface area (Å²) in [5, 5.41) is 14.4. The number of nitrogens with one attached hydrogen (secondary N) is 1. The van der Waals surface area contributed by atoms with Crippen molar-refractivity contribution in [3.63, 3.8) is 0 Å². The van der Waals surface area contributed by atoms with Crippen molar-refractivity contribution < 1.29 is 14.3 Å². The molecule has 1 amide bonds. The number of carbonyl (C=O) groups is 1. The Morgan fingerprint density at radius 2 is 1.90 bits per heavy atom. The Hall–Kier alpha value is -3.32. The fraction of sp³-hybridized carbons (Fsp3) is 0.0909. The second-order valence-electron chi connectivity index (χ2n) is 6.67. The highest BCUT2D eigenvalue weighted by Crippen LogP contribution is 2.24. The first-order chi connectivity index (χ1) is 13.9. The maximum Gasteiger partial charge on any atom is 0.307 e. The maximum absolute atomic E-state index is 12.3. The first kappa shape index (κ1) is 19.0. The van der Waals surface area contributed by atoms with Crippen LogP contribution in [-0.4, -0.2) is 21.8 Å². The Kier molecular flexibility index (Phi) is 4.98. The Balaban J connectivity index is 1.52. The summed E-state index contributed by atoms with van der Waals surface area (Å²) in [5.74, 6) is 0.00406. The van der Waals surface area contributed by atoms with Crippen molar-refractivity contribution in [1.29, 1.82) is 0 Å². The number of hydrogen-bond donors (Lipinski definition) is 2. The lowest BCUT2D eigenvalue weighted by molar-refractivity contribution is 0.0929. The Morgan fingerprint density at radius 3 is 2.66 bits per heavy atom. The highest BCUT2D eigenvalue weighted by atomic mass is 79.9. The van der Waals surface area contributed by atoms with E-state index in [1.165, 1.54) is 0 Å². The Morgan fingerprint density at radius 1 is 1.14 bits per heavy atom. The van der Waals surface area contributed by atoms with Gasteiger partial charge in [-0.1, -0.05) is 15.9 Å². The third-order valence-electron chi connectivity index (χ3n) is 4.65. The molecule has 7 heteroatoms. The van der Waals surface area contributed by atoms with Crippen LogP contribution in [0.5, 0.6) is 5.75 Å². The van der Waals surface area contributed by atoms with Gasteiger partial charge in [0.1, 0.15) is 11.3 Å². The molecule has 0 saturated carbocycles. The number of fused-ring (bicyclic) bond motifs is 1. The lowest BCUT2D eigenvalue weighted by Crippen LogP contribution is -2.16. The summed E-state index contributed by atoms with van der Waals surface area (Å²) in [6, 6.07) is 16.2. The lowest BCUT2D eigenvalue weighted by atomic mass is 10.2. The number of hydrogen-bond acceptors (Lipinski definition) is 4. The summed E-state index contributed by atoms with van der Waals surface area (Å²) in [7, 11) is 0. The van der Waals surface area contributed by atoms with Gasteiger partial charge in [0.05, 0.1) is 6.21 Å². The first-order valence-corrected chi connectivity index (χ1v) is 9.72. The number of phenolic OH excluding ortho intramolecular Hbond substituents is 1. The molecule has 0 aliphatic carbocycles. The number of carbonyl (C=O) groups excluding carboxylic acids is 1. The number of halogens is 1. The van der Waals surface area contributed by atoms with Crippen molar-refractivity contribution >= 4 is 39.0 Å². The zero-order valence-electron chi connectivity index (χ0n) is 15.8. The van der Waals surface area contributed by atoms with Crippen molar-refractivity contribution in [3.05, 3.63) is 81.8 Å². The fourth-order valence-corrected chi connectivity index (χ4v) is 3.64. The SMILES string of the molecule is Cc1cc(/C=N/NC(=O)c2cc3cc(Br)ccc3o2)c(C)n1-c1ccc(O)cc1. The van der Waals surface area contributed by atoms with Crippen LogP contribution in [0.2, 0.25) is 0 Å². The molecular weight excluding hydrogens is 434 g/mol. The van der Waals surface area contributed by atoms with Crippen LogP contribution in [-0.2, 0) is 0 Å². The zero-order chi connectivity index (χ0) is 20.5. The molecule has 4 aromatic rings. The van der Waals surface area contributed by atoms with E-state index in [1.807, 2.05) is 44.2 Å². The molecule has 0 aliphatic rings. The van der Waals surface area contributed by atoms with Gasteiger partial charge in [-0.05, 0) is 68.4 Å². The van der Waals surface area contributed by atoms with E-state index >= 15 is 0 Å². The van der Waals surface area contributed by atoms with E-state index in [0.29, 0.717) is 5.58 Å². The van der Waals surface area contributed by atoms with Crippen molar-refractivity contribution in [3.8, 4) is 11.4 Å². The normalized spacial score (nSPS) is 11.4. The second kappa shape index (κ2) is 7.60. The molecular formula is C22H18BrN3O3. The highest BCUT2D eigenvalue weighted by molar-refractivity contribution is 9.10. The van der Waals surface area contributed by atoms with E-state index in [1.54, 1.807) is 30.5 Å². The fourth-order valence-electron chi connectivity index (χ4n) is 3.26. The zero-order valence-corrected chi connectivity index (χ0v) is 17.4. The molecule has 0 spiro atoms. The molecule has 0 bridgehead atoms. The average Bonchev–Trinajstić information content (AvgIpc) is 3.23. The number of nitrogens with zero attached hydrogens (tertiary/aromatic N) is 2. The van der Waals surface area contributed by atoms with E-state index in [9.17, 15) is 9.90 Å². The van der Waals surface area contributed by atoms with Gasteiger partial charge in [0, 0.05) is 32.5 Å². The number of hydrazone groups is 1. The molecule has 6 nitrogen and oxygen atoms in total. The maximum atomic E-state index is 12.3. The van der Waals surface area contributed by atoms with Gasteiger partial charge in [0.25, 0.3) is 0 Å². The van der Waals surface area contributed by atoms with Gasteiger partial charge in [-0.25, -0.2) is 5.43 Å². The number of benzene rings is 2. The van der Waals surface area contributed by atoms with Gasteiger partial charge < -0.3 is 14.1 Å². The number of furan rings is 1. The summed E-state index contributed by atoms with van der Waals surface area (Å²) in [6.07, 6.45) is 1.61. The van der Waals surface area contributed by atoms with Crippen molar-refractivity contribution in [2.45, 2.75) is 13.8 Å². The van der Waals surface area contributed by atoms with Crippen LogP contribution >= 0.6 is 15.9 Å². The van der Waals surface area contributed by atoms with E-state index in [2.05, 4.69) is 31.0 Å². The van der Waals surface area contributed by atoms with Gasteiger partial charge >= 0.3 is 5.91 Å². The molecule has 0 radical (unpaired) electrons. The summed E-state index contributed by atoms with van der Waals surface area (Å²) < 4.78 is 8.54. The molecule has 2 aromatic heterocycles. The summed E-state index contributed by atoms with van der Waals surface area (Å²) >= 11 is 3.40. The topological polar surface area (TPSA) is 79.8 Å². The standard InChI is InChI=1S/C22H18BrN3O3/c1-13-9-16(14(2)26(13)18-4-6-19(27)7-5-18)12-24-25-22(28)21-11-15-10-17(23)3-8-20(15)29-21/h3-12,27H,1-2H3,(H,25,28)/b24-12+. The van der Waals surface area contributed by atoms with Crippen molar-refractivity contribution in [1.82, 2.24) is 9.99 Å². The van der Waals surface area contributed by atoms with Crippen LogP contribution < -0.4 is 5.43 Å². The molecule has 2 heterocycles. The highest BCUT2D eigenvalue weighted by Gasteiger charge is 2.13. The molecule has 29 heavy (non-hydrogen) atoms. The summed E-state index contributed by atoms with van der Waals surface area (Å²) in [6.45, 7) is 3.96. The second-order valence-corrected chi connectivity index (χ2v) is 7.59. The quantitative estimate of drug-likeness (QED) is 0.335. The minimum absolute atomic E-state index is 0.199. The lowest BCUT2D eigenvalue weighted by Gasteiger charge is -2.09. The van der Waals surface area contributed by atoms with Gasteiger partial charge in [0.2, 0.25) is 0 Å². The van der Waals surface area contributed by atoms with Crippen LogP contribution in [0.15, 0.2) is 68.6 Å². The molecule has 2 aromatic carbocycles. The molecule has 146 valence electrons. The number of rotatable bonds is 4. The molecule has 0 unspecified atom stereocenters. The van der Waals surface area contributed by atoms with Crippen molar-refractivity contribution in [2.75, 3.05) is 0 Å². The predicted molar refractivity (Wildman–Crippen MR) is 116 cm³/mol. The minimum atomic E-state index is -0.416. The number of aryl methyl sites for hydroxylation is 1. The molecule has 0 fully saturated rings. The predicted octanol–water partition coefficient (Wildman–Crippen LogP) is 5.07. The van der Waals surface area contributed by atoms with Gasteiger partial charge in [0.15, 0.2) is 5.76 Å². The van der Waals surface area contributed by atoms with Gasteiger partial charge in [-0.3, -0.25) is 4.79 Å². The number of phenols is 1. The number of amides is 1. The summed E-state index contributed by atoms with van der Waals surface area (Å²) in [5.41, 5.74) is 6.96. The monoisotopic (exact) mass is 451 g/mol. The minimum Gasteiger partial charge on any atom is -0.508 e. The Labute approximate surface area is 175 Å². The smallest absolute Gasteiger partial charge is 0.307 e. The molecule has 0 atom stereocenters.